The highest BCUT2D eigenvalue weighted by Crippen LogP contribution is 2.11. The number of hydrogen-bond donors (Lipinski definition) is 1. The molecule has 15 heavy (non-hydrogen) atoms. The SMILES string of the molecule is C=CC[C@H](O)C(C)/C=C/c1ccccc1. The van der Waals surface area contributed by atoms with E-state index in [0.29, 0.717) is 6.42 Å². The van der Waals surface area contributed by atoms with Crippen LogP contribution < -0.4 is 0 Å². The zero-order valence-electron chi connectivity index (χ0n) is 9.13. The summed E-state index contributed by atoms with van der Waals surface area (Å²) in [7, 11) is 0. The first kappa shape index (κ1) is 11.7. The van der Waals surface area contributed by atoms with E-state index in [9.17, 15) is 5.11 Å². The first-order chi connectivity index (χ1) is 7.24. The van der Waals surface area contributed by atoms with Gasteiger partial charge in [0.15, 0.2) is 0 Å². The Bertz CT molecular complexity index is 313. The highest BCUT2D eigenvalue weighted by atomic mass is 16.3. The van der Waals surface area contributed by atoms with E-state index < -0.39 is 0 Å². The maximum absolute atomic E-state index is 9.67. The van der Waals surface area contributed by atoms with Gasteiger partial charge in [0.2, 0.25) is 0 Å². The number of rotatable bonds is 5. The molecule has 1 heteroatoms. The lowest BCUT2D eigenvalue weighted by Gasteiger charge is -2.12. The molecule has 0 aliphatic carbocycles. The lowest BCUT2D eigenvalue weighted by Crippen LogP contribution is -2.14. The molecule has 80 valence electrons. The summed E-state index contributed by atoms with van der Waals surface area (Å²) in [6.45, 7) is 5.62. The molecule has 0 saturated carbocycles. The van der Waals surface area contributed by atoms with Crippen molar-refractivity contribution in [1.29, 1.82) is 0 Å². The summed E-state index contributed by atoms with van der Waals surface area (Å²) in [5.41, 5.74) is 1.16. The Morgan fingerprint density at radius 3 is 2.60 bits per heavy atom. The van der Waals surface area contributed by atoms with E-state index >= 15 is 0 Å². The van der Waals surface area contributed by atoms with Crippen LogP contribution in [0.5, 0.6) is 0 Å². The van der Waals surface area contributed by atoms with Gasteiger partial charge in [-0.15, -0.1) is 6.58 Å². The third kappa shape index (κ3) is 4.13. The maximum Gasteiger partial charge on any atom is 0.0634 e. The topological polar surface area (TPSA) is 20.2 Å². The monoisotopic (exact) mass is 202 g/mol. The van der Waals surface area contributed by atoms with Crippen molar-refractivity contribution in [2.75, 3.05) is 0 Å². The van der Waals surface area contributed by atoms with E-state index in [1.54, 1.807) is 6.08 Å². The number of aliphatic hydroxyl groups is 1. The Morgan fingerprint density at radius 1 is 1.33 bits per heavy atom. The third-order valence-corrected chi connectivity index (χ3v) is 2.41. The molecular formula is C14H18O. The Kier molecular flexibility index (Phi) is 4.85. The fraction of sp³-hybridized carbons (Fsp3) is 0.286. The van der Waals surface area contributed by atoms with Crippen molar-refractivity contribution in [3.8, 4) is 0 Å². The van der Waals surface area contributed by atoms with E-state index in [2.05, 4.69) is 6.58 Å². The Balaban J connectivity index is 2.54. The molecule has 0 saturated heterocycles. The third-order valence-electron chi connectivity index (χ3n) is 2.41. The lowest BCUT2D eigenvalue weighted by molar-refractivity contribution is 0.141. The zero-order valence-corrected chi connectivity index (χ0v) is 9.13. The first-order valence-corrected chi connectivity index (χ1v) is 5.26. The molecule has 0 bridgehead atoms. The molecule has 1 N–H and O–H groups in total. The molecule has 0 radical (unpaired) electrons. The minimum absolute atomic E-state index is 0.156. The molecule has 0 aliphatic heterocycles. The smallest absolute Gasteiger partial charge is 0.0634 e. The van der Waals surface area contributed by atoms with E-state index in [4.69, 9.17) is 0 Å². The van der Waals surface area contributed by atoms with Crippen molar-refractivity contribution >= 4 is 6.08 Å². The lowest BCUT2D eigenvalue weighted by atomic mass is 10.0. The number of hydrogen-bond acceptors (Lipinski definition) is 1. The maximum atomic E-state index is 9.67. The Hall–Kier alpha value is -1.34. The quantitative estimate of drug-likeness (QED) is 0.726. The number of benzene rings is 1. The molecule has 2 atom stereocenters. The predicted octanol–water partition coefficient (Wildman–Crippen LogP) is 3.27. The van der Waals surface area contributed by atoms with Gasteiger partial charge in [-0.1, -0.05) is 55.5 Å². The van der Waals surface area contributed by atoms with Crippen LogP contribution in [0.4, 0.5) is 0 Å². The van der Waals surface area contributed by atoms with Crippen LogP contribution in [-0.4, -0.2) is 11.2 Å². The van der Waals surface area contributed by atoms with Gasteiger partial charge in [-0.05, 0) is 12.0 Å². The van der Waals surface area contributed by atoms with E-state index in [-0.39, 0.29) is 12.0 Å². The van der Waals surface area contributed by atoms with Gasteiger partial charge in [-0.25, -0.2) is 0 Å². The average Bonchev–Trinajstić information content (AvgIpc) is 2.27. The summed E-state index contributed by atoms with van der Waals surface area (Å²) in [4.78, 5) is 0. The van der Waals surface area contributed by atoms with E-state index in [1.807, 2.05) is 49.4 Å². The Morgan fingerprint density at radius 2 is 2.00 bits per heavy atom. The predicted molar refractivity (Wildman–Crippen MR) is 65.5 cm³/mol. The molecule has 0 spiro atoms. The largest absolute Gasteiger partial charge is 0.392 e. The van der Waals surface area contributed by atoms with Gasteiger partial charge in [0, 0.05) is 5.92 Å². The van der Waals surface area contributed by atoms with Gasteiger partial charge in [0.1, 0.15) is 0 Å². The van der Waals surface area contributed by atoms with Crippen LogP contribution in [0, 0.1) is 5.92 Å². The fourth-order valence-electron chi connectivity index (χ4n) is 1.34. The van der Waals surface area contributed by atoms with Gasteiger partial charge in [0.05, 0.1) is 6.10 Å². The summed E-state index contributed by atoms with van der Waals surface area (Å²) in [5, 5.41) is 9.67. The second-order valence-corrected chi connectivity index (χ2v) is 3.72. The molecule has 1 rings (SSSR count). The molecule has 1 aromatic carbocycles. The highest BCUT2D eigenvalue weighted by Gasteiger charge is 2.08. The molecule has 0 aliphatic rings. The van der Waals surface area contributed by atoms with Crippen LogP contribution in [0.3, 0.4) is 0 Å². The fourth-order valence-corrected chi connectivity index (χ4v) is 1.34. The molecular weight excluding hydrogens is 184 g/mol. The molecule has 0 aromatic heterocycles. The number of aliphatic hydroxyl groups excluding tert-OH is 1. The highest BCUT2D eigenvalue weighted by molar-refractivity contribution is 5.48. The van der Waals surface area contributed by atoms with Crippen LogP contribution in [0.25, 0.3) is 6.08 Å². The molecule has 1 aromatic rings. The zero-order chi connectivity index (χ0) is 11.1. The summed E-state index contributed by atoms with van der Waals surface area (Å²) in [5.74, 6) is 0.156. The second kappa shape index (κ2) is 6.20. The van der Waals surface area contributed by atoms with E-state index in [0.717, 1.165) is 5.56 Å². The van der Waals surface area contributed by atoms with Crippen LogP contribution in [-0.2, 0) is 0 Å². The van der Waals surface area contributed by atoms with Gasteiger partial charge in [0.25, 0.3) is 0 Å². The van der Waals surface area contributed by atoms with Gasteiger partial charge in [-0.3, -0.25) is 0 Å². The summed E-state index contributed by atoms with van der Waals surface area (Å²) < 4.78 is 0. The molecule has 1 unspecified atom stereocenters. The average molecular weight is 202 g/mol. The molecule has 0 amide bonds. The first-order valence-electron chi connectivity index (χ1n) is 5.26. The van der Waals surface area contributed by atoms with Crippen molar-refractivity contribution in [2.45, 2.75) is 19.4 Å². The minimum atomic E-state index is -0.331. The van der Waals surface area contributed by atoms with Crippen LogP contribution in [0.15, 0.2) is 49.1 Å². The molecule has 0 fully saturated rings. The van der Waals surface area contributed by atoms with Gasteiger partial charge in [-0.2, -0.15) is 0 Å². The van der Waals surface area contributed by atoms with Crippen LogP contribution in [0.1, 0.15) is 18.9 Å². The standard InChI is InChI=1S/C14H18O/c1-3-7-14(15)12(2)10-11-13-8-5-4-6-9-13/h3-6,8-12,14-15H,1,7H2,2H3/b11-10+/t12?,14-/m0/s1. The second-order valence-electron chi connectivity index (χ2n) is 3.72. The van der Waals surface area contributed by atoms with Crippen molar-refractivity contribution in [3.63, 3.8) is 0 Å². The molecule has 1 nitrogen and oxygen atoms in total. The van der Waals surface area contributed by atoms with Crippen LogP contribution >= 0.6 is 0 Å². The summed E-state index contributed by atoms with van der Waals surface area (Å²) in [6.07, 6.45) is 6.13. The van der Waals surface area contributed by atoms with Crippen molar-refractivity contribution < 1.29 is 5.11 Å². The van der Waals surface area contributed by atoms with E-state index in [1.165, 1.54) is 0 Å². The summed E-state index contributed by atoms with van der Waals surface area (Å²) >= 11 is 0. The van der Waals surface area contributed by atoms with Crippen LogP contribution in [0.2, 0.25) is 0 Å². The normalized spacial score (nSPS) is 15.1. The van der Waals surface area contributed by atoms with Gasteiger partial charge >= 0.3 is 0 Å². The van der Waals surface area contributed by atoms with Crippen molar-refractivity contribution in [1.82, 2.24) is 0 Å². The minimum Gasteiger partial charge on any atom is -0.392 e. The molecule has 0 heterocycles. The van der Waals surface area contributed by atoms with Crippen molar-refractivity contribution in [3.05, 3.63) is 54.6 Å². The summed E-state index contributed by atoms with van der Waals surface area (Å²) in [6, 6.07) is 10.1. The van der Waals surface area contributed by atoms with Gasteiger partial charge < -0.3 is 5.11 Å². The van der Waals surface area contributed by atoms with Crippen molar-refractivity contribution in [2.24, 2.45) is 5.92 Å². The Labute approximate surface area is 91.8 Å².